The molecule has 0 aliphatic carbocycles. The van der Waals surface area contributed by atoms with Crippen molar-refractivity contribution in [1.82, 2.24) is 10.6 Å². The molecular formula is C9H20N4O2. The Balaban J connectivity index is 3.46. The molecule has 0 unspecified atom stereocenters. The second-order valence-corrected chi connectivity index (χ2v) is 4.13. The number of urea groups is 1. The van der Waals surface area contributed by atoms with Gasteiger partial charge in [-0.05, 0) is 20.3 Å². The number of primary amides is 1. The van der Waals surface area contributed by atoms with Gasteiger partial charge in [-0.1, -0.05) is 0 Å². The van der Waals surface area contributed by atoms with Gasteiger partial charge in [0.15, 0.2) is 0 Å². The zero-order chi connectivity index (χ0) is 11.9. The third kappa shape index (κ3) is 10.6. The van der Waals surface area contributed by atoms with E-state index in [1.54, 1.807) is 0 Å². The Hall–Kier alpha value is -1.30. The highest BCUT2D eigenvalue weighted by Crippen LogP contribution is 2.06. The summed E-state index contributed by atoms with van der Waals surface area (Å²) in [5.74, 6) is -0.0696. The summed E-state index contributed by atoms with van der Waals surface area (Å²) in [6.07, 6.45) is 1.02. The number of nitrogens with one attached hydrogen (secondary N) is 2. The van der Waals surface area contributed by atoms with Crippen LogP contribution in [0.15, 0.2) is 0 Å². The number of amides is 3. The number of hydrogen-bond donors (Lipinski definition) is 4. The van der Waals surface area contributed by atoms with E-state index in [0.29, 0.717) is 25.9 Å². The van der Waals surface area contributed by atoms with E-state index in [2.05, 4.69) is 10.6 Å². The van der Waals surface area contributed by atoms with Gasteiger partial charge in [0.05, 0.1) is 0 Å². The lowest BCUT2D eigenvalue weighted by Gasteiger charge is -2.17. The third-order valence-electron chi connectivity index (χ3n) is 1.74. The molecule has 0 heterocycles. The average Bonchev–Trinajstić information content (AvgIpc) is 2.07. The van der Waals surface area contributed by atoms with Crippen LogP contribution in [0.1, 0.15) is 26.7 Å². The van der Waals surface area contributed by atoms with Gasteiger partial charge in [-0.3, -0.25) is 4.79 Å². The highest BCUT2D eigenvalue weighted by atomic mass is 16.2. The summed E-state index contributed by atoms with van der Waals surface area (Å²) >= 11 is 0. The fourth-order valence-corrected chi connectivity index (χ4v) is 0.912. The van der Waals surface area contributed by atoms with E-state index in [1.807, 2.05) is 13.8 Å². The maximum atomic E-state index is 11.2. The second-order valence-electron chi connectivity index (χ2n) is 4.13. The molecule has 0 saturated heterocycles. The summed E-state index contributed by atoms with van der Waals surface area (Å²) in [7, 11) is 0. The van der Waals surface area contributed by atoms with Gasteiger partial charge < -0.3 is 22.1 Å². The highest BCUT2D eigenvalue weighted by molar-refractivity contribution is 5.76. The Morgan fingerprint density at radius 2 is 1.73 bits per heavy atom. The number of nitrogens with two attached hydrogens (primary N) is 2. The first-order valence-corrected chi connectivity index (χ1v) is 4.90. The normalized spacial score (nSPS) is 10.9. The molecule has 88 valence electrons. The first-order valence-electron chi connectivity index (χ1n) is 4.90. The molecule has 6 heteroatoms. The van der Waals surface area contributed by atoms with Gasteiger partial charge in [0.2, 0.25) is 5.91 Å². The molecule has 0 bridgehead atoms. The lowest BCUT2D eigenvalue weighted by molar-refractivity contribution is -0.121. The van der Waals surface area contributed by atoms with Crippen LogP contribution in [0.2, 0.25) is 0 Å². The monoisotopic (exact) mass is 216 g/mol. The Labute approximate surface area is 89.8 Å². The standard InChI is InChI=1S/C9H20N4O2/c1-9(2,11)4-3-7(14)12-5-6-13-8(10)15/h3-6,11H2,1-2H3,(H,12,14)(H3,10,13,15). The summed E-state index contributed by atoms with van der Waals surface area (Å²) in [5, 5.41) is 5.02. The van der Waals surface area contributed by atoms with Crippen LogP contribution in [0.25, 0.3) is 0 Å². The molecule has 3 amide bonds. The van der Waals surface area contributed by atoms with E-state index in [9.17, 15) is 9.59 Å². The molecule has 6 nitrogen and oxygen atoms in total. The van der Waals surface area contributed by atoms with Crippen LogP contribution in [0.4, 0.5) is 4.79 Å². The smallest absolute Gasteiger partial charge is 0.312 e. The Bertz CT molecular complexity index is 223. The van der Waals surface area contributed by atoms with E-state index < -0.39 is 6.03 Å². The lowest BCUT2D eigenvalue weighted by atomic mass is 10.00. The fraction of sp³-hybridized carbons (Fsp3) is 0.778. The van der Waals surface area contributed by atoms with Gasteiger partial charge in [-0.15, -0.1) is 0 Å². The van der Waals surface area contributed by atoms with Crippen LogP contribution in [-0.2, 0) is 4.79 Å². The van der Waals surface area contributed by atoms with Gasteiger partial charge >= 0.3 is 6.03 Å². The molecular weight excluding hydrogens is 196 g/mol. The first-order chi connectivity index (χ1) is 6.81. The molecule has 0 spiro atoms. The zero-order valence-corrected chi connectivity index (χ0v) is 9.30. The van der Waals surface area contributed by atoms with Crippen molar-refractivity contribution in [3.8, 4) is 0 Å². The number of hydrogen-bond acceptors (Lipinski definition) is 3. The summed E-state index contributed by atoms with van der Waals surface area (Å²) in [6, 6.07) is -0.590. The molecule has 0 aliphatic heterocycles. The predicted molar refractivity (Wildman–Crippen MR) is 58.1 cm³/mol. The fourth-order valence-electron chi connectivity index (χ4n) is 0.912. The van der Waals surface area contributed by atoms with Crippen molar-refractivity contribution in [3.63, 3.8) is 0 Å². The maximum absolute atomic E-state index is 11.2. The minimum atomic E-state index is -0.590. The minimum Gasteiger partial charge on any atom is -0.354 e. The molecule has 6 N–H and O–H groups in total. The number of carbonyl (C=O) groups is 2. The van der Waals surface area contributed by atoms with Gasteiger partial charge in [0.25, 0.3) is 0 Å². The first kappa shape index (κ1) is 13.7. The molecule has 0 aromatic heterocycles. The van der Waals surface area contributed by atoms with Crippen molar-refractivity contribution in [3.05, 3.63) is 0 Å². The maximum Gasteiger partial charge on any atom is 0.312 e. The van der Waals surface area contributed by atoms with Crippen molar-refractivity contribution in [1.29, 1.82) is 0 Å². The van der Waals surface area contributed by atoms with Crippen molar-refractivity contribution < 1.29 is 9.59 Å². The Morgan fingerprint density at radius 3 is 2.20 bits per heavy atom. The predicted octanol–water partition coefficient (Wildman–Crippen LogP) is -0.712. The van der Waals surface area contributed by atoms with Crippen LogP contribution in [0.5, 0.6) is 0 Å². The molecule has 0 radical (unpaired) electrons. The molecule has 0 atom stereocenters. The summed E-state index contributed by atoms with van der Waals surface area (Å²) < 4.78 is 0. The summed E-state index contributed by atoms with van der Waals surface area (Å²) in [5.41, 5.74) is 10.2. The van der Waals surface area contributed by atoms with Crippen LogP contribution in [-0.4, -0.2) is 30.6 Å². The van der Waals surface area contributed by atoms with Crippen LogP contribution >= 0.6 is 0 Å². The van der Waals surface area contributed by atoms with Crippen molar-refractivity contribution in [2.45, 2.75) is 32.2 Å². The number of rotatable bonds is 6. The Kier molecular flexibility index (Phi) is 5.69. The largest absolute Gasteiger partial charge is 0.354 e. The molecule has 0 aromatic rings. The zero-order valence-electron chi connectivity index (χ0n) is 9.30. The van der Waals surface area contributed by atoms with E-state index in [-0.39, 0.29) is 11.4 Å². The van der Waals surface area contributed by atoms with E-state index in [0.717, 1.165) is 0 Å². The second kappa shape index (κ2) is 6.23. The molecule has 0 fully saturated rings. The van der Waals surface area contributed by atoms with Gasteiger partial charge in [-0.2, -0.15) is 0 Å². The minimum absolute atomic E-state index is 0.0696. The molecule has 0 aliphatic rings. The summed E-state index contributed by atoms with van der Waals surface area (Å²) in [4.78, 5) is 21.5. The SMILES string of the molecule is CC(C)(N)CCC(=O)NCCNC(N)=O. The van der Waals surface area contributed by atoms with Gasteiger partial charge in [-0.25, -0.2) is 4.79 Å². The molecule has 15 heavy (non-hydrogen) atoms. The topological polar surface area (TPSA) is 110 Å². The van der Waals surface area contributed by atoms with Crippen LogP contribution in [0.3, 0.4) is 0 Å². The van der Waals surface area contributed by atoms with Crippen molar-refractivity contribution >= 4 is 11.9 Å². The van der Waals surface area contributed by atoms with E-state index in [4.69, 9.17) is 11.5 Å². The van der Waals surface area contributed by atoms with Gasteiger partial charge in [0, 0.05) is 25.0 Å². The van der Waals surface area contributed by atoms with Crippen molar-refractivity contribution in [2.75, 3.05) is 13.1 Å². The van der Waals surface area contributed by atoms with Crippen LogP contribution in [0, 0.1) is 0 Å². The van der Waals surface area contributed by atoms with Gasteiger partial charge in [0.1, 0.15) is 0 Å². The lowest BCUT2D eigenvalue weighted by Crippen LogP contribution is -2.38. The van der Waals surface area contributed by atoms with Crippen molar-refractivity contribution in [2.24, 2.45) is 11.5 Å². The number of carbonyl (C=O) groups excluding carboxylic acids is 2. The summed E-state index contributed by atoms with van der Waals surface area (Å²) in [6.45, 7) is 4.46. The molecule has 0 saturated carbocycles. The third-order valence-corrected chi connectivity index (χ3v) is 1.74. The van der Waals surface area contributed by atoms with Crippen LogP contribution < -0.4 is 22.1 Å². The van der Waals surface area contributed by atoms with E-state index in [1.165, 1.54) is 0 Å². The molecule has 0 aromatic carbocycles. The Morgan fingerprint density at radius 1 is 1.20 bits per heavy atom. The highest BCUT2D eigenvalue weighted by Gasteiger charge is 2.12. The molecule has 0 rings (SSSR count). The quantitative estimate of drug-likeness (QED) is 0.440. The average molecular weight is 216 g/mol. The van der Waals surface area contributed by atoms with E-state index >= 15 is 0 Å².